The Morgan fingerprint density at radius 2 is 1.69 bits per heavy atom. The summed E-state index contributed by atoms with van der Waals surface area (Å²) in [5.41, 5.74) is 0. The maximum Gasteiger partial charge on any atom is 0.0512 e. The molecule has 1 atom stereocenters. The van der Waals surface area contributed by atoms with E-state index in [2.05, 4.69) is 20.4 Å². The summed E-state index contributed by atoms with van der Waals surface area (Å²) < 4.78 is 0. The lowest BCUT2D eigenvalue weighted by Crippen LogP contribution is -1.95. The van der Waals surface area contributed by atoms with Crippen LogP contribution < -0.4 is 0 Å². The van der Waals surface area contributed by atoms with E-state index in [9.17, 15) is 0 Å². The van der Waals surface area contributed by atoms with Crippen LogP contribution in [0.3, 0.4) is 0 Å². The summed E-state index contributed by atoms with van der Waals surface area (Å²) in [6.45, 7) is 9.56. The Kier molecular flexibility index (Phi) is 39.9. The third kappa shape index (κ3) is 49.8. The molecule has 1 N–H and O–H groups in total. The Hall–Kier alpha value is -0.300. The van der Waals surface area contributed by atoms with E-state index in [-0.39, 0.29) is 21.0 Å². The van der Waals surface area contributed by atoms with Gasteiger partial charge < -0.3 is 5.11 Å². The van der Waals surface area contributed by atoms with E-state index in [1.807, 2.05) is 13.0 Å². The van der Waals surface area contributed by atoms with Gasteiger partial charge in [0, 0.05) is 0 Å². The van der Waals surface area contributed by atoms with Crippen molar-refractivity contribution in [2.45, 2.75) is 67.4 Å². The van der Waals surface area contributed by atoms with Gasteiger partial charge in [-0.15, -0.1) is 6.58 Å². The van der Waals surface area contributed by atoms with Gasteiger partial charge in [-0.2, -0.15) is 0 Å². The lowest BCUT2D eigenvalue weighted by atomic mass is 10.2. The molecule has 0 spiro atoms. The van der Waals surface area contributed by atoms with Crippen molar-refractivity contribution >= 4 is 0 Å². The Morgan fingerprint density at radius 3 is 1.69 bits per heavy atom. The number of rotatable bonds is 4. The standard InChI is InChI=1S/C5H12O.C5H10.2CH4/c1-3-4-5(2)6;1-3-5-4-2;;/h5-6H,3-4H2,1-2H3;3H,1,4-5H2,2H3;2*1H4. The first-order valence-corrected chi connectivity index (χ1v) is 4.47. The van der Waals surface area contributed by atoms with Gasteiger partial charge in [0.2, 0.25) is 0 Å². The van der Waals surface area contributed by atoms with E-state index in [1.165, 1.54) is 6.42 Å². The highest BCUT2D eigenvalue weighted by Crippen LogP contribution is 1.91. The first kappa shape index (κ1) is 23.0. The predicted molar refractivity (Wildman–Crippen MR) is 65.2 cm³/mol. The van der Waals surface area contributed by atoms with E-state index < -0.39 is 0 Å². The molecule has 0 rings (SSSR count). The van der Waals surface area contributed by atoms with Crippen LogP contribution >= 0.6 is 0 Å². The zero-order chi connectivity index (χ0) is 9.11. The highest BCUT2D eigenvalue weighted by Gasteiger charge is 1.87. The maximum atomic E-state index is 8.55. The van der Waals surface area contributed by atoms with Crippen LogP contribution in [0.25, 0.3) is 0 Å². The van der Waals surface area contributed by atoms with Gasteiger partial charge >= 0.3 is 0 Å². The largest absolute Gasteiger partial charge is 0.393 e. The molecular formula is C12H30O. The fourth-order valence-electron chi connectivity index (χ4n) is 0.622. The topological polar surface area (TPSA) is 20.2 Å². The van der Waals surface area contributed by atoms with Gasteiger partial charge in [0.15, 0.2) is 0 Å². The van der Waals surface area contributed by atoms with Gasteiger partial charge in [-0.3, -0.25) is 0 Å². The first-order valence-electron chi connectivity index (χ1n) is 4.47. The molecule has 0 aromatic heterocycles. The summed E-state index contributed by atoms with van der Waals surface area (Å²) in [6.07, 6.45) is 6.22. The van der Waals surface area contributed by atoms with Gasteiger partial charge in [-0.1, -0.05) is 47.6 Å². The smallest absolute Gasteiger partial charge is 0.0512 e. The molecule has 0 aliphatic rings. The first-order chi connectivity index (χ1) is 5.18. The monoisotopic (exact) mass is 190 g/mol. The van der Waals surface area contributed by atoms with Gasteiger partial charge in [0.1, 0.15) is 0 Å². The third-order valence-electron chi connectivity index (χ3n) is 1.20. The van der Waals surface area contributed by atoms with Crippen molar-refractivity contribution in [3.8, 4) is 0 Å². The lowest BCUT2D eigenvalue weighted by molar-refractivity contribution is 0.183. The molecule has 84 valence electrons. The molecule has 0 heterocycles. The van der Waals surface area contributed by atoms with E-state index >= 15 is 0 Å². The quantitative estimate of drug-likeness (QED) is 0.651. The minimum absolute atomic E-state index is 0. The van der Waals surface area contributed by atoms with Crippen molar-refractivity contribution in [2.75, 3.05) is 0 Å². The Morgan fingerprint density at radius 1 is 1.23 bits per heavy atom. The van der Waals surface area contributed by atoms with Crippen LogP contribution in [0.15, 0.2) is 12.7 Å². The zero-order valence-electron chi connectivity index (χ0n) is 8.14. The molecule has 13 heavy (non-hydrogen) atoms. The second kappa shape index (κ2) is 22.6. The molecule has 1 nitrogen and oxygen atoms in total. The van der Waals surface area contributed by atoms with E-state index in [1.54, 1.807) is 0 Å². The van der Waals surface area contributed by atoms with Crippen molar-refractivity contribution in [1.29, 1.82) is 0 Å². The van der Waals surface area contributed by atoms with Crippen LogP contribution in [-0.4, -0.2) is 11.2 Å². The Balaban J connectivity index is -0.0000000546. The molecule has 1 unspecified atom stereocenters. The number of unbranched alkanes of at least 4 members (excludes halogenated alkanes) is 1. The molecule has 0 radical (unpaired) electrons. The van der Waals surface area contributed by atoms with Crippen LogP contribution in [0, 0.1) is 0 Å². The number of aliphatic hydroxyl groups excluding tert-OH is 1. The lowest BCUT2D eigenvalue weighted by Gasteiger charge is -1.95. The number of hydrogen-bond acceptors (Lipinski definition) is 1. The van der Waals surface area contributed by atoms with E-state index in [4.69, 9.17) is 5.11 Å². The zero-order valence-corrected chi connectivity index (χ0v) is 8.14. The Bertz CT molecular complexity index is 67.5. The van der Waals surface area contributed by atoms with Gasteiger partial charge in [0.05, 0.1) is 6.10 Å². The second-order valence-corrected chi connectivity index (χ2v) is 2.72. The van der Waals surface area contributed by atoms with Crippen LogP contribution in [0.4, 0.5) is 0 Å². The van der Waals surface area contributed by atoms with Gasteiger partial charge in [-0.05, 0) is 19.8 Å². The van der Waals surface area contributed by atoms with Crippen LogP contribution in [0.5, 0.6) is 0 Å². The fraction of sp³-hybridized carbons (Fsp3) is 0.833. The second-order valence-electron chi connectivity index (χ2n) is 2.72. The molecule has 0 aliphatic heterocycles. The molecule has 0 aromatic carbocycles. The van der Waals surface area contributed by atoms with Gasteiger partial charge in [-0.25, -0.2) is 0 Å². The van der Waals surface area contributed by atoms with Crippen molar-refractivity contribution in [3.63, 3.8) is 0 Å². The van der Waals surface area contributed by atoms with Crippen molar-refractivity contribution < 1.29 is 5.11 Å². The summed E-state index contributed by atoms with van der Waals surface area (Å²) >= 11 is 0. The highest BCUT2D eigenvalue weighted by atomic mass is 16.3. The SMILES string of the molecule is C.C.C=CCCC.CCCC(C)O. The molecule has 0 amide bonds. The number of aliphatic hydroxyl groups is 1. The van der Waals surface area contributed by atoms with E-state index in [0.717, 1.165) is 19.3 Å². The average molecular weight is 190 g/mol. The molecule has 0 fully saturated rings. The van der Waals surface area contributed by atoms with Crippen molar-refractivity contribution in [1.82, 2.24) is 0 Å². The minimum atomic E-state index is -0.102. The summed E-state index contributed by atoms with van der Waals surface area (Å²) in [7, 11) is 0. The summed E-state index contributed by atoms with van der Waals surface area (Å²) in [6, 6.07) is 0. The van der Waals surface area contributed by atoms with Crippen molar-refractivity contribution in [3.05, 3.63) is 12.7 Å². The highest BCUT2D eigenvalue weighted by molar-refractivity contribution is 4.63. The minimum Gasteiger partial charge on any atom is -0.393 e. The molecule has 0 aromatic rings. The molecule has 1 heteroatoms. The molecule has 0 saturated carbocycles. The van der Waals surface area contributed by atoms with Crippen LogP contribution in [-0.2, 0) is 0 Å². The van der Waals surface area contributed by atoms with Crippen LogP contribution in [0.1, 0.15) is 61.3 Å². The molecule has 0 aliphatic carbocycles. The summed E-state index contributed by atoms with van der Waals surface area (Å²) in [5, 5.41) is 8.55. The molecular weight excluding hydrogens is 160 g/mol. The van der Waals surface area contributed by atoms with E-state index in [0.29, 0.717) is 0 Å². The van der Waals surface area contributed by atoms with Gasteiger partial charge in [0.25, 0.3) is 0 Å². The maximum absolute atomic E-state index is 8.55. The number of allylic oxidation sites excluding steroid dienone is 1. The normalized spacial score (nSPS) is 9.54. The average Bonchev–Trinajstić information content (AvgIpc) is 1.90. The Labute approximate surface area is 85.9 Å². The van der Waals surface area contributed by atoms with Crippen molar-refractivity contribution in [2.24, 2.45) is 0 Å². The summed E-state index contributed by atoms with van der Waals surface area (Å²) in [5.74, 6) is 0. The number of hydrogen-bond donors (Lipinski definition) is 1. The fourth-order valence-corrected chi connectivity index (χ4v) is 0.622. The predicted octanol–water partition coefficient (Wildman–Crippen LogP) is 4.41. The van der Waals surface area contributed by atoms with Crippen LogP contribution in [0.2, 0.25) is 0 Å². The summed E-state index contributed by atoms with van der Waals surface area (Å²) in [4.78, 5) is 0. The molecule has 0 bridgehead atoms. The third-order valence-corrected chi connectivity index (χ3v) is 1.20. The molecule has 0 saturated heterocycles.